The number of alkyl halides is 1. The number of rotatable bonds is 3. The molecule has 0 aliphatic carbocycles. The minimum atomic E-state index is -0.183. The van der Waals surface area contributed by atoms with Crippen LogP contribution in [0, 0.1) is 0 Å². The van der Waals surface area contributed by atoms with Gasteiger partial charge in [0.2, 0.25) is 5.22 Å². The van der Waals surface area contributed by atoms with Crippen molar-refractivity contribution < 1.29 is 9.21 Å². The van der Waals surface area contributed by atoms with Gasteiger partial charge in [-0.25, -0.2) is 0 Å². The molecule has 0 bridgehead atoms. The summed E-state index contributed by atoms with van der Waals surface area (Å²) in [6.45, 7) is 1.86. The van der Waals surface area contributed by atoms with Crippen LogP contribution in [-0.4, -0.2) is 29.8 Å². The van der Waals surface area contributed by atoms with Crippen LogP contribution in [0.5, 0.6) is 0 Å². The maximum atomic E-state index is 11.7. The number of carbonyl (C=O) groups excluding carboxylic acids is 1. The molecule has 1 rings (SSSR count). The van der Waals surface area contributed by atoms with Crippen molar-refractivity contribution in [2.45, 2.75) is 13.0 Å². The van der Waals surface area contributed by atoms with E-state index in [2.05, 4.69) is 0 Å². The van der Waals surface area contributed by atoms with Crippen LogP contribution in [0.25, 0.3) is 0 Å². The molecular formula is C9H11Cl2NO2. The van der Waals surface area contributed by atoms with E-state index < -0.39 is 0 Å². The summed E-state index contributed by atoms with van der Waals surface area (Å²) in [7, 11) is 1.68. The minimum absolute atomic E-state index is 0.0323. The summed E-state index contributed by atoms with van der Waals surface area (Å²) in [5.74, 6) is 0.203. The van der Waals surface area contributed by atoms with Crippen molar-refractivity contribution in [1.29, 1.82) is 0 Å². The largest absolute Gasteiger partial charge is 0.452 e. The van der Waals surface area contributed by atoms with Crippen LogP contribution < -0.4 is 0 Å². The van der Waals surface area contributed by atoms with E-state index in [0.717, 1.165) is 0 Å². The molecule has 0 spiro atoms. The molecule has 0 fully saturated rings. The van der Waals surface area contributed by atoms with Gasteiger partial charge in [0.1, 0.15) is 0 Å². The zero-order chi connectivity index (χ0) is 10.7. The van der Waals surface area contributed by atoms with E-state index in [4.69, 9.17) is 27.6 Å². The minimum Gasteiger partial charge on any atom is -0.452 e. The smallest absolute Gasteiger partial charge is 0.258 e. The number of furan rings is 1. The first-order chi connectivity index (χ1) is 6.57. The number of halogens is 2. The molecule has 0 saturated carbocycles. The van der Waals surface area contributed by atoms with E-state index in [1.807, 2.05) is 6.92 Å². The number of nitrogens with zero attached hydrogens (tertiary/aromatic N) is 1. The molecule has 3 nitrogen and oxygen atoms in total. The Bertz CT molecular complexity index is 324. The molecule has 0 aliphatic heterocycles. The molecule has 0 aromatic carbocycles. The highest BCUT2D eigenvalue weighted by atomic mass is 35.5. The Kier molecular flexibility index (Phi) is 3.84. The van der Waals surface area contributed by atoms with Crippen molar-refractivity contribution in [3.05, 3.63) is 23.1 Å². The van der Waals surface area contributed by atoms with Crippen molar-refractivity contribution in [1.82, 2.24) is 4.90 Å². The molecular weight excluding hydrogens is 225 g/mol. The quantitative estimate of drug-likeness (QED) is 0.756. The van der Waals surface area contributed by atoms with Crippen LogP contribution in [-0.2, 0) is 0 Å². The van der Waals surface area contributed by atoms with Crippen LogP contribution in [0.2, 0.25) is 5.22 Å². The van der Waals surface area contributed by atoms with Crippen LogP contribution in [0.1, 0.15) is 17.3 Å². The molecule has 0 radical (unpaired) electrons. The first kappa shape index (κ1) is 11.4. The fraction of sp³-hybridized carbons (Fsp3) is 0.444. The molecule has 5 heteroatoms. The SMILES string of the molecule is CC(CCl)N(C)C(=O)c1ccoc1Cl. The maximum absolute atomic E-state index is 11.7. The van der Waals surface area contributed by atoms with Crippen LogP contribution in [0.4, 0.5) is 0 Å². The molecule has 1 atom stereocenters. The van der Waals surface area contributed by atoms with Gasteiger partial charge in [-0.3, -0.25) is 4.79 Å². The van der Waals surface area contributed by atoms with Gasteiger partial charge < -0.3 is 9.32 Å². The number of hydrogen-bond donors (Lipinski definition) is 0. The summed E-state index contributed by atoms with van der Waals surface area (Å²) in [6.07, 6.45) is 1.38. The third kappa shape index (κ3) is 2.22. The van der Waals surface area contributed by atoms with Gasteiger partial charge in [-0.1, -0.05) is 0 Å². The van der Waals surface area contributed by atoms with Crippen LogP contribution >= 0.6 is 23.2 Å². The predicted octanol–water partition coefficient (Wildman–Crippen LogP) is 2.63. The second-order valence-electron chi connectivity index (χ2n) is 3.03. The second-order valence-corrected chi connectivity index (χ2v) is 3.68. The fourth-order valence-electron chi connectivity index (χ4n) is 0.940. The molecule has 0 aliphatic rings. The highest BCUT2D eigenvalue weighted by Crippen LogP contribution is 2.19. The molecule has 1 amide bonds. The lowest BCUT2D eigenvalue weighted by Gasteiger charge is -2.22. The highest BCUT2D eigenvalue weighted by Gasteiger charge is 2.20. The standard InChI is InChI=1S/C9H11Cl2NO2/c1-6(5-10)12(2)9(13)7-3-4-14-8(7)11/h3-4,6H,5H2,1-2H3. The van der Waals surface area contributed by atoms with Crippen LogP contribution in [0.3, 0.4) is 0 Å². The lowest BCUT2D eigenvalue weighted by molar-refractivity contribution is 0.0756. The zero-order valence-electron chi connectivity index (χ0n) is 7.96. The average Bonchev–Trinajstić information content (AvgIpc) is 2.61. The second kappa shape index (κ2) is 4.71. The molecule has 1 heterocycles. The van der Waals surface area contributed by atoms with Crippen molar-refractivity contribution in [3.63, 3.8) is 0 Å². The van der Waals surface area contributed by atoms with E-state index in [0.29, 0.717) is 11.4 Å². The Balaban J connectivity index is 2.81. The summed E-state index contributed by atoms with van der Waals surface area (Å²) < 4.78 is 4.83. The highest BCUT2D eigenvalue weighted by molar-refractivity contribution is 6.32. The summed E-state index contributed by atoms with van der Waals surface area (Å²) in [5.41, 5.74) is 0.367. The molecule has 1 aromatic heterocycles. The van der Waals surface area contributed by atoms with Gasteiger partial charge >= 0.3 is 0 Å². The summed E-state index contributed by atoms with van der Waals surface area (Å²) >= 11 is 11.3. The third-order valence-corrected chi connectivity index (χ3v) is 2.79. The van der Waals surface area contributed by atoms with Gasteiger partial charge in [0.25, 0.3) is 5.91 Å². The maximum Gasteiger partial charge on any atom is 0.258 e. The molecule has 78 valence electrons. The van der Waals surface area contributed by atoms with Gasteiger partial charge in [-0.15, -0.1) is 11.6 Å². The van der Waals surface area contributed by atoms with Gasteiger partial charge in [0.15, 0.2) is 0 Å². The van der Waals surface area contributed by atoms with E-state index in [1.165, 1.54) is 11.2 Å². The molecule has 0 N–H and O–H groups in total. The number of hydrogen-bond acceptors (Lipinski definition) is 2. The molecule has 0 saturated heterocycles. The third-order valence-electron chi connectivity index (χ3n) is 2.05. The normalized spacial score (nSPS) is 12.6. The number of carbonyl (C=O) groups is 1. The number of amides is 1. The van der Waals surface area contributed by atoms with Crippen molar-refractivity contribution >= 4 is 29.1 Å². The zero-order valence-corrected chi connectivity index (χ0v) is 9.47. The Morgan fingerprint density at radius 2 is 2.36 bits per heavy atom. The Morgan fingerprint density at radius 3 is 2.79 bits per heavy atom. The first-order valence-electron chi connectivity index (χ1n) is 4.14. The topological polar surface area (TPSA) is 33.5 Å². The van der Waals surface area contributed by atoms with Gasteiger partial charge in [0.05, 0.1) is 11.8 Å². The monoisotopic (exact) mass is 235 g/mol. The van der Waals surface area contributed by atoms with Gasteiger partial charge in [-0.2, -0.15) is 0 Å². The van der Waals surface area contributed by atoms with Crippen molar-refractivity contribution in [3.8, 4) is 0 Å². The van der Waals surface area contributed by atoms with Gasteiger partial charge in [0, 0.05) is 19.0 Å². The fourth-order valence-corrected chi connectivity index (χ4v) is 1.34. The van der Waals surface area contributed by atoms with Crippen molar-refractivity contribution in [2.24, 2.45) is 0 Å². The molecule has 14 heavy (non-hydrogen) atoms. The molecule has 1 unspecified atom stereocenters. The Morgan fingerprint density at radius 1 is 1.71 bits per heavy atom. The van der Waals surface area contributed by atoms with E-state index in [-0.39, 0.29) is 17.2 Å². The van der Waals surface area contributed by atoms with E-state index in [1.54, 1.807) is 13.1 Å². The van der Waals surface area contributed by atoms with E-state index >= 15 is 0 Å². The molecule has 1 aromatic rings. The first-order valence-corrected chi connectivity index (χ1v) is 5.05. The summed E-state index contributed by atoms with van der Waals surface area (Å²) in [4.78, 5) is 13.3. The summed E-state index contributed by atoms with van der Waals surface area (Å²) in [6, 6.07) is 1.51. The predicted molar refractivity (Wildman–Crippen MR) is 56.0 cm³/mol. The van der Waals surface area contributed by atoms with Gasteiger partial charge in [-0.05, 0) is 24.6 Å². The Hall–Kier alpha value is -0.670. The van der Waals surface area contributed by atoms with Crippen LogP contribution in [0.15, 0.2) is 16.7 Å². The van der Waals surface area contributed by atoms with Crippen molar-refractivity contribution in [2.75, 3.05) is 12.9 Å². The lowest BCUT2D eigenvalue weighted by atomic mass is 10.2. The lowest BCUT2D eigenvalue weighted by Crippen LogP contribution is -2.36. The van der Waals surface area contributed by atoms with E-state index in [9.17, 15) is 4.79 Å². The summed E-state index contributed by atoms with van der Waals surface area (Å²) in [5, 5.41) is 0.114. The average molecular weight is 236 g/mol. The Labute approximate surface area is 92.6 Å².